The number of benzene rings is 1. The van der Waals surface area contributed by atoms with Gasteiger partial charge in [0.1, 0.15) is 0 Å². The van der Waals surface area contributed by atoms with Crippen LogP contribution in [0.15, 0.2) is 18.2 Å². The number of amides is 1. The summed E-state index contributed by atoms with van der Waals surface area (Å²) in [6, 6.07) is 5.54. The van der Waals surface area contributed by atoms with Crippen LogP contribution in [-0.4, -0.2) is 37.0 Å². The lowest BCUT2D eigenvalue weighted by Gasteiger charge is -2.34. The normalized spacial score (nSPS) is 25.0. The Morgan fingerprint density at radius 3 is 2.85 bits per heavy atom. The Bertz CT molecular complexity index is 507. The Balaban J connectivity index is 0.00000147. The second-order valence-corrected chi connectivity index (χ2v) is 6.09. The number of rotatable bonds is 1. The molecule has 0 aliphatic carbocycles. The minimum Gasteiger partial charge on any atom is -0.338 e. The molecule has 20 heavy (non-hydrogen) atoms. The maximum Gasteiger partial charge on any atom is 0.253 e. The fourth-order valence-electron chi connectivity index (χ4n) is 3.18. The van der Waals surface area contributed by atoms with Gasteiger partial charge in [-0.2, -0.15) is 0 Å². The van der Waals surface area contributed by atoms with Crippen LogP contribution < -0.4 is 5.32 Å². The Morgan fingerprint density at radius 1 is 1.35 bits per heavy atom. The Morgan fingerprint density at radius 2 is 2.10 bits per heavy atom. The molecule has 0 bridgehead atoms. The van der Waals surface area contributed by atoms with Crippen LogP contribution in [0.4, 0.5) is 0 Å². The molecule has 2 unspecified atom stereocenters. The van der Waals surface area contributed by atoms with E-state index in [2.05, 4.69) is 5.32 Å². The van der Waals surface area contributed by atoms with Gasteiger partial charge in [-0.15, -0.1) is 12.4 Å². The first-order chi connectivity index (χ1) is 9.15. The number of carbonyl (C=O) groups is 1. The minimum atomic E-state index is 0. The lowest BCUT2D eigenvalue weighted by atomic mass is 9.88. The predicted octanol–water partition coefficient (Wildman–Crippen LogP) is 2.75. The number of piperidine rings is 1. The first-order valence-electron chi connectivity index (χ1n) is 6.91. The van der Waals surface area contributed by atoms with E-state index in [9.17, 15) is 4.79 Å². The second kappa shape index (κ2) is 6.33. The maximum absolute atomic E-state index is 12.5. The summed E-state index contributed by atoms with van der Waals surface area (Å²) in [6.45, 7) is 5.87. The average molecular weight is 315 g/mol. The van der Waals surface area contributed by atoms with Crippen molar-refractivity contribution < 1.29 is 4.79 Å². The standard InChI is InChI=1S/C15H19ClN2O.ClH/c1-10-6-11(2-3-14(10)16)15(19)18-5-4-12-7-17-8-13(12)9-18;/h2-3,6,12-13,17H,4-5,7-9H2,1H3;1H. The Kier molecular flexibility index (Phi) is 4.95. The van der Waals surface area contributed by atoms with Crippen molar-refractivity contribution in [1.29, 1.82) is 0 Å². The zero-order valence-electron chi connectivity index (χ0n) is 11.6. The predicted molar refractivity (Wildman–Crippen MR) is 83.8 cm³/mol. The summed E-state index contributed by atoms with van der Waals surface area (Å²) >= 11 is 6.01. The van der Waals surface area contributed by atoms with Gasteiger partial charge in [-0.3, -0.25) is 4.79 Å². The molecule has 2 atom stereocenters. The molecule has 2 saturated heterocycles. The second-order valence-electron chi connectivity index (χ2n) is 5.68. The van der Waals surface area contributed by atoms with Crippen LogP contribution >= 0.6 is 24.0 Å². The van der Waals surface area contributed by atoms with E-state index in [1.165, 1.54) is 0 Å². The van der Waals surface area contributed by atoms with Crippen LogP contribution in [0.3, 0.4) is 0 Å². The highest BCUT2D eigenvalue weighted by Crippen LogP contribution is 2.27. The summed E-state index contributed by atoms with van der Waals surface area (Å²) in [5.41, 5.74) is 1.72. The molecule has 3 rings (SSSR count). The van der Waals surface area contributed by atoms with Gasteiger partial charge in [-0.1, -0.05) is 11.6 Å². The van der Waals surface area contributed by atoms with E-state index in [1.807, 2.05) is 30.0 Å². The van der Waals surface area contributed by atoms with Gasteiger partial charge in [-0.25, -0.2) is 0 Å². The number of nitrogens with one attached hydrogen (secondary N) is 1. The van der Waals surface area contributed by atoms with Crippen molar-refractivity contribution in [3.63, 3.8) is 0 Å². The Hall–Kier alpha value is -0.770. The van der Waals surface area contributed by atoms with Crippen molar-refractivity contribution in [3.05, 3.63) is 34.3 Å². The smallest absolute Gasteiger partial charge is 0.253 e. The fourth-order valence-corrected chi connectivity index (χ4v) is 3.30. The Labute approximate surface area is 131 Å². The van der Waals surface area contributed by atoms with Crippen molar-refractivity contribution >= 4 is 29.9 Å². The molecular weight excluding hydrogens is 295 g/mol. The van der Waals surface area contributed by atoms with Crippen molar-refractivity contribution in [2.24, 2.45) is 11.8 Å². The topological polar surface area (TPSA) is 32.3 Å². The van der Waals surface area contributed by atoms with E-state index in [4.69, 9.17) is 11.6 Å². The quantitative estimate of drug-likeness (QED) is 0.864. The SMILES string of the molecule is Cc1cc(C(=O)N2CCC3CNCC3C2)ccc1Cl.Cl. The van der Waals surface area contributed by atoms with Crippen LogP contribution in [0.5, 0.6) is 0 Å². The number of hydrogen-bond acceptors (Lipinski definition) is 2. The molecule has 2 heterocycles. The third kappa shape index (κ3) is 2.95. The molecule has 1 N–H and O–H groups in total. The van der Waals surface area contributed by atoms with Gasteiger partial charge in [0.2, 0.25) is 0 Å². The molecular formula is C15H20Cl2N2O. The van der Waals surface area contributed by atoms with E-state index in [0.717, 1.165) is 54.7 Å². The molecule has 2 fully saturated rings. The molecule has 1 amide bonds. The largest absolute Gasteiger partial charge is 0.338 e. The van der Waals surface area contributed by atoms with Crippen LogP contribution in [0, 0.1) is 18.8 Å². The van der Waals surface area contributed by atoms with Crippen LogP contribution in [-0.2, 0) is 0 Å². The highest BCUT2D eigenvalue weighted by atomic mass is 35.5. The molecule has 0 spiro atoms. The van der Waals surface area contributed by atoms with E-state index in [1.54, 1.807) is 0 Å². The zero-order chi connectivity index (χ0) is 13.4. The number of carbonyl (C=O) groups excluding carboxylic acids is 1. The summed E-state index contributed by atoms with van der Waals surface area (Å²) in [5, 5.41) is 4.14. The van der Waals surface area contributed by atoms with Crippen LogP contribution in [0.1, 0.15) is 22.3 Å². The third-order valence-electron chi connectivity index (χ3n) is 4.40. The summed E-state index contributed by atoms with van der Waals surface area (Å²) < 4.78 is 0. The first-order valence-corrected chi connectivity index (χ1v) is 7.29. The van der Waals surface area contributed by atoms with Gasteiger partial charge in [0, 0.05) is 23.7 Å². The highest BCUT2D eigenvalue weighted by Gasteiger charge is 2.34. The van der Waals surface area contributed by atoms with Gasteiger partial charge >= 0.3 is 0 Å². The van der Waals surface area contributed by atoms with Gasteiger partial charge in [0.25, 0.3) is 5.91 Å². The number of hydrogen-bond donors (Lipinski definition) is 1. The summed E-state index contributed by atoms with van der Waals surface area (Å²) in [4.78, 5) is 14.5. The minimum absolute atomic E-state index is 0. The first kappa shape index (κ1) is 15.6. The molecule has 1 aromatic carbocycles. The molecule has 1 aromatic rings. The van der Waals surface area contributed by atoms with Crippen molar-refractivity contribution in [1.82, 2.24) is 10.2 Å². The van der Waals surface area contributed by atoms with E-state index < -0.39 is 0 Å². The summed E-state index contributed by atoms with van der Waals surface area (Å²) in [5.74, 6) is 1.53. The van der Waals surface area contributed by atoms with E-state index in [0.29, 0.717) is 5.92 Å². The van der Waals surface area contributed by atoms with Crippen molar-refractivity contribution in [2.45, 2.75) is 13.3 Å². The number of halogens is 2. The average Bonchev–Trinajstić information content (AvgIpc) is 2.88. The lowest BCUT2D eigenvalue weighted by molar-refractivity contribution is 0.0642. The molecule has 2 aliphatic rings. The van der Waals surface area contributed by atoms with Gasteiger partial charge < -0.3 is 10.2 Å². The molecule has 110 valence electrons. The molecule has 5 heteroatoms. The maximum atomic E-state index is 12.5. The lowest BCUT2D eigenvalue weighted by Crippen LogP contribution is -2.43. The van der Waals surface area contributed by atoms with Gasteiger partial charge in [0.15, 0.2) is 0 Å². The number of nitrogens with zero attached hydrogens (tertiary/aromatic N) is 1. The number of fused-ring (bicyclic) bond motifs is 1. The van der Waals surface area contributed by atoms with Crippen molar-refractivity contribution in [2.75, 3.05) is 26.2 Å². The fraction of sp³-hybridized carbons (Fsp3) is 0.533. The van der Waals surface area contributed by atoms with Crippen molar-refractivity contribution in [3.8, 4) is 0 Å². The number of aryl methyl sites for hydroxylation is 1. The van der Waals surface area contributed by atoms with Crippen LogP contribution in [0.25, 0.3) is 0 Å². The molecule has 0 radical (unpaired) electrons. The van der Waals surface area contributed by atoms with Crippen LogP contribution in [0.2, 0.25) is 5.02 Å². The van der Waals surface area contributed by atoms with E-state index >= 15 is 0 Å². The molecule has 2 aliphatic heterocycles. The zero-order valence-corrected chi connectivity index (χ0v) is 13.1. The highest BCUT2D eigenvalue weighted by molar-refractivity contribution is 6.31. The molecule has 3 nitrogen and oxygen atoms in total. The monoisotopic (exact) mass is 314 g/mol. The van der Waals surface area contributed by atoms with Gasteiger partial charge in [-0.05, 0) is 62.0 Å². The summed E-state index contributed by atoms with van der Waals surface area (Å²) in [7, 11) is 0. The summed E-state index contributed by atoms with van der Waals surface area (Å²) in [6.07, 6.45) is 1.12. The van der Waals surface area contributed by atoms with E-state index in [-0.39, 0.29) is 18.3 Å². The number of likely N-dealkylation sites (tertiary alicyclic amines) is 1. The molecule has 0 saturated carbocycles. The van der Waals surface area contributed by atoms with Gasteiger partial charge in [0.05, 0.1) is 0 Å². The molecule has 0 aromatic heterocycles. The third-order valence-corrected chi connectivity index (χ3v) is 4.82.